The smallest absolute Gasteiger partial charge is 0.281 e. The number of benzene rings is 1. The van der Waals surface area contributed by atoms with Crippen molar-refractivity contribution in [3.63, 3.8) is 0 Å². The van der Waals surface area contributed by atoms with E-state index in [4.69, 9.17) is 16.0 Å². The highest BCUT2D eigenvalue weighted by atomic mass is 35.5. The second-order valence-electron chi connectivity index (χ2n) is 5.44. The second kappa shape index (κ2) is 8.23. The summed E-state index contributed by atoms with van der Waals surface area (Å²) in [4.78, 5) is 32.8. The van der Waals surface area contributed by atoms with Crippen LogP contribution in [0.15, 0.2) is 45.0 Å². The van der Waals surface area contributed by atoms with Crippen LogP contribution in [-0.4, -0.2) is 33.4 Å². The van der Waals surface area contributed by atoms with Gasteiger partial charge in [0.1, 0.15) is 11.5 Å². The summed E-state index contributed by atoms with van der Waals surface area (Å²) in [6, 6.07) is 7.28. The third-order valence-electron chi connectivity index (χ3n) is 3.51. The van der Waals surface area contributed by atoms with E-state index in [0.717, 1.165) is 11.8 Å². The second-order valence-corrected chi connectivity index (χ2v) is 7.07. The Morgan fingerprint density at radius 2 is 2.18 bits per heavy atom. The van der Waals surface area contributed by atoms with Crippen molar-refractivity contribution in [1.29, 1.82) is 0 Å². The van der Waals surface area contributed by atoms with Gasteiger partial charge in [-0.25, -0.2) is 0 Å². The SMILES string of the molecule is O=C([O-])C[C@@H]1S/C(=N\N=C/c2ccc(-c3ccc(Cl)cc3[N+](=O)[O-])o2)NC1=O. The summed E-state index contributed by atoms with van der Waals surface area (Å²) in [5.41, 5.74) is 0.0544. The Morgan fingerprint density at radius 1 is 1.39 bits per heavy atom. The van der Waals surface area contributed by atoms with Crippen molar-refractivity contribution < 1.29 is 24.0 Å². The number of amides is 1. The fourth-order valence-electron chi connectivity index (χ4n) is 2.31. The van der Waals surface area contributed by atoms with Gasteiger partial charge in [0.25, 0.3) is 5.69 Å². The number of nitrogens with zero attached hydrogens (tertiary/aromatic N) is 3. The summed E-state index contributed by atoms with van der Waals surface area (Å²) in [6.45, 7) is 0. The number of nitrogens with one attached hydrogen (secondary N) is 1. The molecule has 0 saturated carbocycles. The van der Waals surface area contributed by atoms with Gasteiger partial charge in [-0.05, 0) is 24.3 Å². The zero-order chi connectivity index (χ0) is 20.3. The number of nitro groups is 1. The molecule has 1 aliphatic heterocycles. The summed E-state index contributed by atoms with van der Waals surface area (Å²) >= 11 is 6.72. The van der Waals surface area contributed by atoms with Gasteiger partial charge in [0, 0.05) is 23.5 Å². The summed E-state index contributed by atoms with van der Waals surface area (Å²) in [6.07, 6.45) is 0.817. The minimum absolute atomic E-state index is 0.146. The van der Waals surface area contributed by atoms with Crippen LogP contribution in [0.2, 0.25) is 5.02 Å². The maximum Gasteiger partial charge on any atom is 0.281 e. The number of amidine groups is 1. The van der Waals surface area contributed by atoms with Gasteiger partial charge in [-0.2, -0.15) is 5.10 Å². The van der Waals surface area contributed by atoms with Gasteiger partial charge in [-0.15, -0.1) is 5.10 Å². The zero-order valence-corrected chi connectivity index (χ0v) is 15.4. The molecule has 144 valence electrons. The number of furan rings is 1. The first-order chi connectivity index (χ1) is 13.3. The summed E-state index contributed by atoms with van der Waals surface area (Å²) in [7, 11) is 0. The average Bonchev–Trinajstić information content (AvgIpc) is 3.21. The summed E-state index contributed by atoms with van der Waals surface area (Å²) in [5, 5.41) is 31.3. The van der Waals surface area contributed by atoms with E-state index in [0.29, 0.717) is 0 Å². The van der Waals surface area contributed by atoms with Gasteiger partial charge in [0.15, 0.2) is 5.17 Å². The molecule has 1 N–H and O–H groups in total. The highest BCUT2D eigenvalue weighted by Crippen LogP contribution is 2.33. The number of carbonyl (C=O) groups excluding carboxylic acids is 2. The maximum atomic E-state index is 11.6. The first kappa shape index (κ1) is 19.6. The number of thioether (sulfide) groups is 1. The molecule has 0 radical (unpaired) electrons. The number of carboxylic acid groups (broad SMARTS) is 1. The number of hydrogen-bond acceptors (Lipinski definition) is 9. The molecule has 12 heteroatoms. The standard InChI is InChI=1S/C16H11ClN4O6S/c17-8-1-3-10(11(5-8)21(25)26)12-4-2-9(27-12)7-18-20-16-19-15(24)13(28-16)6-14(22)23/h1-5,7,13H,6H2,(H,22,23)(H,19,20,24)/p-1/b18-7-/t13-/m0/s1. The lowest BCUT2D eigenvalue weighted by Crippen LogP contribution is -2.31. The minimum atomic E-state index is -1.34. The minimum Gasteiger partial charge on any atom is -0.550 e. The quantitative estimate of drug-likeness (QED) is 0.422. The Morgan fingerprint density at radius 3 is 2.89 bits per heavy atom. The van der Waals surface area contributed by atoms with Gasteiger partial charge in [-0.1, -0.05) is 23.4 Å². The molecule has 0 unspecified atom stereocenters. The Hall–Kier alpha value is -3.18. The maximum absolute atomic E-state index is 11.6. The van der Waals surface area contributed by atoms with Crippen LogP contribution in [0.25, 0.3) is 11.3 Å². The van der Waals surface area contributed by atoms with Gasteiger partial charge in [0.2, 0.25) is 5.91 Å². The molecule has 1 aromatic carbocycles. The topological polar surface area (TPSA) is 150 Å². The van der Waals surface area contributed by atoms with Crippen molar-refractivity contribution in [3.8, 4) is 11.3 Å². The zero-order valence-electron chi connectivity index (χ0n) is 13.8. The lowest BCUT2D eigenvalue weighted by molar-refractivity contribution is -0.384. The molecule has 0 spiro atoms. The largest absolute Gasteiger partial charge is 0.550 e. The third kappa shape index (κ3) is 4.56. The number of nitro benzene ring substituents is 1. The predicted molar refractivity (Wildman–Crippen MR) is 100.0 cm³/mol. The number of carboxylic acids is 1. The van der Waals surface area contributed by atoms with Crippen molar-refractivity contribution in [2.75, 3.05) is 0 Å². The van der Waals surface area contributed by atoms with E-state index in [1.807, 2.05) is 0 Å². The molecule has 28 heavy (non-hydrogen) atoms. The van der Waals surface area contributed by atoms with Crippen LogP contribution in [0.3, 0.4) is 0 Å². The molecule has 2 aromatic rings. The van der Waals surface area contributed by atoms with E-state index in [9.17, 15) is 24.8 Å². The first-order valence-electron chi connectivity index (χ1n) is 7.66. The van der Waals surface area contributed by atoms with Crippen molar-refractivity contribution in [1.82, 2.24) is 5.32 Å². The number of hydrogen-bond donors (Lipinski definition) is 1. The van der Waals surface area contributed by atoms with Crippen LogP contribution in [0.4, 0.5) is 5.69 Å². The highest BCUT2D eigenvalue weighted by Gasteiger charge is 2.30. The van der Waals surface area contributed by atoms with Crippen molar-refractivity contribution >= 4 is 52.3 Å². The van der Waals surface area contributed by atoms with E-state index in [1.54, 1.807) is 0 Å². The van der Waals surface area contributed by atoms with Crippen molar-refractivity contribution in [2.24, 2.45) is 10.2 Å². The van der Waals surface area contributed by atoms with E-state index >= 15 is 0 Å². The lowest BCUT2D eigenvalue weighted by Gasteiger charge is -2.04. The predicted octanol–water partition coefficient (Wildman–Crippen LogP) is 1.57. The number of rotatable bonds is 6. The average molecular weight is 422 g/mol. The van der Waals surface area contributed by atoms with E-state index in [2.05, 4.69) is 15.5 Å². The molecule has 10 nitrogen and oxygen atoms in total. The van der Waals surface area contributed by atoms with Crippen LogP contribution in [-0.2, 0) is 9.59 Å². The van der Waals surface area contributed by atoms with Gasteiger partial charge < -0.3 is 19.6 Å². The Balaban J connectivity index is 1.73. The normalized spacial score (nSPS) is 18.0. The van der Waals surface area contributed by atoms with Gasteiger partial charge >= 0.3 is 0 Å². The van der Waals surface area contributed by atoms with E-state index in [1.165, 1.54) is 36.5 Å². The fraction of sp³-hybridized carbons (Fsp3) is 0.125. The van der Waals surface area contributed by atoms with Gasteiger partial charge in [0.05, 0.1) is 22.0 Å². The van der Waals surface area contributed by atoms with Crippen LogP contribution < -0.4 is 10.4 Å². The number of aliphatic carboxylic acids is 1. The summed E-state index contributed by atoms with van der Waals surface area (Å²) < 4.78 is 5.51. The molecule has 0 aliphatic carbocycles. The molecule has 1 saturated heterocycles. The number of carbonyl (C=O) groups is 2. The highest BCUT2D eigenvalue weighted by molar-refractivity contribution is 8.15. The lowest BCUT2D eigenvalue weighted by atomic mass is 10.1. The van der Waals surface area contributed by atoms with E-state index < -0.39 is 28.5 Å². The van der Waals surface area contributed by atoms with Gasteiger partial charge in [-0.3, -0.25) is 14.9 Å². The fourth-order valence-corrected chi connectivity index (χ4v) is 3.38. The molecule has 1 fully saturated rings. The molecule has 1 atom stereocenters. The molecule has 1 amide bonds. The summed E-state index contributed by atoms with van der Waals surface area (Å²) in [5.74, 6) is -1.31. The van der Waals surface area contributed by atoms with Crippen molar-refractivity contribution in [2.45, 2.75) is 11.7 Å². The Kier molecular flexibility index (Phi) is 5.76. The molecule has 2 heterocycles. The van der Waals surface area contributed by atoms with Crippen molar-refractivity contribution in [3.05, 3.63) is 51.2 Å². The van der Waals surface area contributed by atoms with Crippen LogP contribution in [0.5, 0.6) is 0 Å². The molecule has 1 aliphatic rings. The van der Waals surface area contributed by atoms with E-state index in [-0.39, 0.29) is 33.0 Å². The Labute approximate surface area is 166 Å². The van der Waals surface area contributed by atoms with Crippen LogP contribution >= 0.6 is 23.4 Å². The molecule has 1 aromatic heterocycles. The van der Waals surface area contributed by atoms with Crippen LogP contribution in [0.1, 0.15) is 12.2 Å². The number of halogens is 1. The molecule has 3 rings (SSSR count). The monoisotopic (exact) mass is 421 g/mol. The third-order valence-corrected chi connectivity index (χ3v) is 4.82. The Bertz CT molecular complexity index is 1020. The first-order valence-corrected chi connectivity index (χ1v) is 8.92. The van der Waals surface area contributed by atoms with Crippen LogP contribution in [0, 0.1) is 10.1 Å². The molecular weight excluding hydrogens is 412 g/mol. The molecular formula is C16H10ClN4O6S-. The molecule has 0 bridgehead atoms.